The molecule has 2 nitrogen and oxygen atoms in total. The number of hydrogen-bond donors (Lipinski definition) is 1. The third-order valence-corrected chi connectivity index (χ3v) is 2.15. The Morgan fingerprint density at radius 1 is 1.39 bits per heavy atom. The van der Waals surface area contributed by atoms with Gasteiger partial charge >= 0.3 is 0 Å². The minimum absolute atomic E-state index is 0.127. The van der Waals surface area contributed by atoms with Crippen molar-refractivity contribution in [3.8, 4) is 17.6 Å². The summed E-state index contributed by atoms with van der Waals surface area (Å²) in [4.78, 5) is 0. The summed E-state index contributed by atoms with van der Waals surface area (Å²) in [6, 6.07) is 7.37. The van der Waals surface area contributed by atoms with Crippen molar-refractivity contribution in [2.24, 2.45) is 5.41 Å². The summed E-state index contributed by atoms with van der Waals surface area (Å²) in [7, 11) is 0. The van der Waals surface area contributed by atoms with E-state index in [4.69, 9.17) is 4.74 Å². The van der Waals surface area contributed by atoms with Gasteiger partial charge in [-0.1, -0.05) is 42.7 Å². The maximum Gasteiger partial charge on any atom is 0.143 e. The van der Waals surface area contributed by atoms with E-state index in [1.165, 1.54) is 0 Å². The first-order valence-corrected chi connectivity index (χ1v) is 5.97. The molecule has 2 heteroatoms. The van der Waals surface area contributed by atoms with Gasteiger partial charge in [-0.15, -0.1) is 0 Å². The Balaban J connectivity index is 2.93. The van der Waals surface area contributed by atoms with Crippen LogP contribution >= 0.6 is 0 Å². The monoisotopic (exact) mass is 244 g/mol. The first-order chi connectivity index (χ1) is 8.44. The van der Waals surface area contributed by atoms with E-state index in [1.54, 1.807) is 6.08 Å². The largest absolute Gasteiger partial charge is 0.489 e. The number of rotatable bonds is 4. The molecule has 0 heterocycles. The zero-order valence-electron chi connectivity index (χ0n) is 11.2. The van der Waals surface area contributed by atoms with E-state index >= 15 is 0 Å². The fraction of sp³-hybridized carbons (Fsp3) is 0.375. The topological polar surface area (TPSA) is 29.5 Å². The average molecular weight is 244 g/mol. The maximum absolute atomic E-state index is 10.1. The molecule has 1 atom stereocenters. The van der Waals surface area contributed by atoms with Crippen LogP contribution in [0.4, 0.5) is 0 Å². The molecule has 96 valence electrons. The van der Waals surface area contributed by atoms with E-state index in [9.17, 15) is 5.11 Å². The van der Waals surface area contributed by atoms with Crippen LogP contribution in [0.1, 0.15) is 32.4 Å². The molecule has 0 amide bonds. The minimum Gasteiger partial charge on any atom is -0.489 e. The summed E-state index contributed by atoms with van der Waals surface area (Å²) in [5.41, 5.74) is 0.564. The van der Waals surface area contributed by atoms with Gasteiger partial charge in [0.05, 0.1) is 0 Å². The molecule has 0 spiro atoms. The zero-order valence-corrected chi connectivity index (χ0v) is 11.2. The highest BCUT2D eigenvalue weighted by Gasteiger charge is 2.11. The van der Waals surface area contributed by atoms with Crippen LogP contribution in [0.25, 0.3) is 0 Å². The molecule has 18 heavy (non-hydrogen) atoms. The van der Waals surface area contributed by atoms with Gasteiger partial charge in [0.25, 0.3) is 0 Å². The van der Waals surface area contributed by atoms with Crippen LogP contribution < -0.4 is 4.74 Å². The summed E-state index contributed by atoms with van der Waals surface area (Å²) < 4.78 is 5.49. The van der Waals surface area contributed by atoms with Gasteiger partial charge in [0, 0.05) is 11.0 Å². The molecule has 1 N–H and O–H groups in total. The summed E-state index contributed by atoms with van der Waals surface area (Å²) >= 11 is 0. The number of benzene rings is 1. The second kappa shape index (κ2) is 6.28. The van der Waals surface area contributed by atoms with Crippen LogP contribution in [0.15, 0.2) is 36.9 Å². The normalized spacial score (nSPS) is 12.2. The Morgan fingerprint density at radius 3 is 2.67 bits per heavy atom. The van der Waals surface area contributed by atoms with Crippen LogP contribution in [0, 0.1) is 17.3 Å². The van der Waals surface area contributed by atoms with E-state index < -0.39 is 6.10 Å². The van der Waals surface area contributed by atoms with Crippen molar-refractivity contribution in [2.45, 2.75) is 26.9 Å². The molecule has 0 fully saturated rings. The molecule has 0 saturated heterocycles. The average Bonchev–Trinajstić information content (AvgIpc) is 2.33. The van der Waals surface area contributed by atoms with E-state index in [2.05, 4.69) is 18.4 Å². The maximum atomic E-state index is 10.1. The van der Waals surface area contributed by atoms with Crippen LogP contribution in [-0.4, -0.2) is 11.7 Å². The highest BCUT2D eigenvalue weighted by Crippen LogP contribution is 2.25. The van der Waals surface area contributed by atoms with E-state index in [1.807, 2.05) is 45.0 Å². The van der Waals surface area contributed by atoms with Crippen molar-refractivity contribution < 1.29 is 9.84 Å². The van der Waals surface area contributed by atoms with E-state index in [-0.39, 0.29) is 5.41 Å². The molecule has 1 aromatic rings. The van der Waals surface area contributed by atoms with Crippen LogP contribution in [0.3, 0.4) is 0 Å². The lowest BCUT2D eigenvalue weighted by atomic mass is 9.97. The summed E-state index contributed by atoms with van der Waals surface area (Å²) in [5, 5.41) is 10.1. The Labute approximate surface area is 109 Å². The highest BCUT2D eigenvalue weighted by atomic mass is 16.5. The number of para-hydroxylation sites is 1. The molecule has 0 bridgehead atoms. The predicted molar refractivity (Wildman–Crippen MR) is 74.3 cm³/mol. The molecular formula is C16H20O2. The quantitative estimate of drug-likeness (QED) is 0.650. The van der Waals surface area contributed by atoms with Gasteiger partial charge in [-0.2, -0.15) is 0 Å². The molecule has 1 unspecified atom stereocenters. The smallest absolute Gasteiger partial charge is 0.143 e. The Bertz CT molecular complexity index is 458. The Kier molecular flexibility index (Phi) is 5.00. The Hall–Kier alpha value is -1.72. The van der Waals surface area contributed by atoms with Gasteiger partial charge in [-0.25, -0.2) is 0 Å². The van der Waals surface area contributed by atoms with Crippen molar-refractivity contribution >= 4 is 0 Å². The fourth-order valence-electron chi connectivity index (χ4n) is 1.35. The fourth-order valence-corrected chi connectivity index (χ4v) is 1.35. The summed E-state index contributed by atoms with van der Waals surface area (Å²) in [6.45, 7) is 10.0. The van der Waals surface area contributed by atoms with Crippen LogP contribution in [0.2, 0.25) is 0 Å². The van der Waals surface area contributed by atoms with Crippen molar-refractivity contribution in [3.05, 3.63) is 42.5 Å². The van der Waals surface area contributed by atoms with Crippen molar-refractivity contribution in [2.75, 3.05) is 6.61 Å². The van der Waals surface area contributed by atoms with Gasteiger partial charge in [0.1, 0.15) is 18.5 Å². The Morgan fingerprint density at radius 2 is 2.06 bits per heavy atom. The standard InChI is InChI=1S/C16H20O2/c1-5-12-18-15-9-7-6-8-13(15)14(17)10-11-16(2,3)4/h5-9,14,17H,1,12H2,2-4H3. The van der Waals surface area contributed by atoms with Gasteiger partial charge in [0.2, 0.25) is 0 Å². The molecule has 1 aromatic carbocycles. The third kappa shape index (κ3) is 4.65. The van der Waals surface area contributed by atoms with Gasteiger partial charge in [-0.3, -0.25) is 0 Å². The number of ether oxygens (including phenoxy) is 1. The highest BCUT2D eigenvalue weighted by molar-refractivity contribution is 5.39. The number of aliphatic hydroxyl groups excluding tert-OH is 1. The molecule has 0 aliphatic heterocycles. The lowest BCUT2D eigenvalue weighted by Gasteiger charge is -2.12. The van der Waals surface area contributed by atoms with E-state index in [0.29, 0.717) is 17.9 Å². The molecule has 1 rings (SSSR count). The SMILES string of the molecule is C=CCOc1ccccc1C(O)C#CC(C)(C)C. The molecule has 0 radical (unpaired) electrons. The molecule has 0 saturated carbocycles. The summed E-state index contributed by atoms with van der Waals surface area (Å²) in [6.07, 6.45) is 0.842. The zero-order chi connectivity index (χ0) is 13.6. The van der Waals surface area contributed by atoms with Gasteiger partial charge in [-0.05, 0) is 26.8 Å². The third-order valence-electron chi connectivity index (χ3n) is 2.15. The van der Waals surface area contributed by atoms with Crippen LogP contribution in [0.5, 0.6) is 5.75 Å². The number of aliphatic hydroxyl groups is 1. The van der Waals surface area contributed by atoms with Crippen molar-refractivity contribution in [1.29, 1.82) is 0 Å². The minimum atomic E-state index is -0.828. The van der Waals surface area contributed by atoms with Crippen LogP contribution in [-0.2, 0) is 0 Å². The molecule has 0 aliphatic rings. The van der Waals surface area contributed by atoms with Gasteiger partial charge < -0.3 is 9.84 Å². The van der Waals surface area contributed by atoms with Crippen molar-refractivity contribution in [1.82, 2.24) is 0 Å². The van der Waals surface area contributed by atoms with Gasteiger partial charge in [0.15, 0.2) is 0 Å². The lowest BCUT2D eigenvalue weighted by Crippen LogP contribution is -2.04. The first-order valence-electron chi connectivity index (χ1n) is 5.97. The lowest BCUT2D eigenvalue weighted by molar-refractivity contribution is 0.229. The summed E-state index contributed by atoms with van der Waals surface area (Å²) in [5.74, 6) is 6.53. The predicted octanol–water partition coefficient (Wildman–Crippen LogP) is 3.33. The first kappa shape index (κ1) is 14.3. The van der Waals surface area contributed by atoms with E-state index in [0.717, 1.165) is 0 Å². The molecular weight excluding hydrogens is 224 g/mol. The second-order valence-electron chi connectivity index (χ2n) is 5.06. The second-order valence-corrected chi connectivity index (χ2v) is 5.06. The molecule has 0 aromatic heterocycles. The number of hydrogen-bond acceptors (Lipinski definition) is 2. The van der Waals surface area contributed by atoms with Crippen molar-refractivity contribution in [3.63, 3.8) is 0 Å². The molecule has 0 aliphatic carbocycles.